The van der Waals surface area contributed by atoms with E-state index in [4.69, 9.17) is 0 Å². The summed E-state index contributed by atoms with van der Waals surface area (Å²) >= 11 is 0. The van der Waals surface area contributed by atoms with Crippen molar-refractivity contribution in [2.75, 3.05) is 0 Å². The Hall–Kier alpha value is -2.57. The van der Waals surface area contributed by atoms with Gasteiger partial charge in [0.15, 0.2) is 17.3 Å². The molecule has 2 aliphatic heterocycles. The molecular formula is C20H19BF4N2. The molecule has 0 amide bonds. The molecule has 7 heteroatoms. The second-order valence-corrected chi connectivity index (χ2v) is 7.37. The van der Waals surface area contributed by atoms with Gasteiger partial charge < -0.3 is 17.6 Å². The van der Waals surface area contributed by atoms with Crippen molar-refractivity contribution in [3.63, 3.8) is 0 Å². The highest BCUT2D eigenvalue weighted by Crippen LogP contribution is 2.45. The number of hydrogen-bond acceptors (Lipinski definition) is 0. The normalized spacial score (nSPS) is 18.0. The number of halogens is 4. The number of benzene rings is 1. The SMILES string of the molecule is CC1=CC(C)=[N+]2C1=C(c1ccc(F)c(F)c1C)c1c(C)cc(C)n1[B-]2(F)F. The number of rotatable bonds is 1. The number of aryl methyl sites for hydroxylation is 2. The molecule has 0 atom stereocenters. The van der Waals surface area contributed by atoms with Crippen molar-refractivity contribution in [2.24, 2.45) is 0 Å². The predicted octanol–water partition coefficient (Wildman–Crippen LogP) is 5.12. The van der Waals surface area contributed by atoms with E-state index < -0.39 is 18.6 Å². The lowest BCUT2D eigenvalue weighted by molar-refractivity contribution is -0.363. The van der Waals surface area contributed by atoms with Gasteiger partial charge in [-0.05, 0) is 62.2 Å². The van der Waals surface area contributed by atoms with Crippen LogP contribution in [0.4, 0.5) is 17.4 Å². The molecule has 0 saturated carbocycles. The monoisotopic (exact) mass is 374 g/mol. The maximum atomic E-state index is 15.5. The molecule has 0 unspecified atom stereocenters. The summed E-state index contributed by atoms with van der Waals surface area (Å²) < 4.78 is 61.1. The van der Waals surface area contributed by atoms with Gasteiger partial charge in [0.25, 0.3) is 0 Å². The number of allylic oxidation sites excluding steroid dienone is 2. The highest BCUT2D eigenvalue weighted by molar-refractivity contribution is 6.58. The number of nitrogens with zero attached hydrogens (tertiary/aromatic N) is 2. The van der Waals surface area contributed by atoms with Crippen LogP contribution in [0.25, 0.3) is 5.57 Å². The molecule has 0 radical (unpaired) electrons. The van der Waals surface area contributed by atoms with Gasteiger partial charge in [0.2, 0.25) is 0 Å². The van der Waals surface area contributed by atoms with E-state index in [2.05, 4.69) is 0 Å². The predicted molar refractivity (Wildman–Crippen MR) is 99.1 cm³/mol. The lowest BCUT2D eigenvalue weighted by Gasteiger charge is -2.34. The molecule has 2 aromatic rings. The minimum absolute atomic E-state index is 0.109. The third-order valence-corrected chi connectivity index (χ3v) is 5.54. The largest absolute Gasteiger partial charge is 0.737 e. The zero-order valence-corrected chi connectivity index (χ0v) is 15.8. The van der Waals surface area contributed by atoms with E-state index in [0.717, 1.165) is 15.0 Å². The van der Waals surface area contributed by atoms with Gasteiger partial charge in [0.1, 0.15) is 5.71 Å². The molecule has 2 nitrogen and oxygen atoms in total. The van der Waals surface area contributed by atoms with E-state index in [-0.39, 0.29) is 5.56 Å². The zero-order valence-electron chi connectivity index (χ0n) is 15.8. The number of hydrogen-bond donors (Lipinski definition) is 0. The van der Waals surface area contributed by atoms with Crippen LogP contribution in [0.5, 0.6) is 0 Å². The minimum atomic E-state index is -4.08. The third-order valence-electron chi connectivity index (χ3n) is 5.54. The Morgan fingerprint density at radius 2 is 1.67 bits per heavy atom. The van der Waals surface area contributed by atoms with Gasteiger partial charge in [-0.1, -0.05) is 6.07 Å². The Bertz CT molecular complexity index is 1120. The first-order valence-corrected chi connectivity index (χ1v) is 8.79. The quantitative estimate of drug-likeness (QED) is 0.484. The van der Waals surface area contributed by atoms with E-state index in [1.54, 1.807) is 39.8 Å². The van der Waals surface area contributed by atoms with Crippen molar-refractivity contribution in [2.45, 2.75) is 34.6 Å². The van der Waals surface area contributed by atoms with Gasteiger partial charge in [0, 0.05) is 24.3 Å². The molecule has 140 valence electrons. The standard InChI is InChI=1S/C20H19BF4N2/c1-10-8-12(3)26-19(10)17(15-6-7-16(22)18(23)14(15)5)20-11(2)9-13(4)27(20)21(26,24)25/h6-9H,1-5H3. The van der Waals surface area contributed by atoms with Gasteiger partial charge in [-0.25, -0.2) is 8.78 Å². The maximum absolute atomic E-state index is 15.5. The average Bonchev–Trinajstić information content (AvgIpc) is 3.04. The Balaban J connectivity index is 2.21. The Kier molecular flexibility index (Phi) is 3.61. The molecule has 0 aliphatic carbocycles. The van der Waals surface area contributed by atoms with Crippen molar-refractivity contribution in [3.05, 3.63) is 75.3 Å². The third kappa shape index (κ3) is 2.17. The summed E-state index contributed by atoms with van der Waals surface area (Å²) in [6.07, 6.45) is 1.71. The molecule has 0 spiro atoms. The first kappa shape index (κ1) is 17.8. The smallest absolute Gasteiger partial charge is 0.393 e. The van der Waals surface area contributed by atoms with E-state index in [9.17, 15) is 8.78 Å². The highest BCUT2D eigenvalue weighted by Gasteiger charge is 2.55. The van der Waals surface area contributed by atoms with Crippen LogP contribution < -0.4 is 0 Å². The average molecular weight is 374 g/mol. The summed E-state index contributed by atoms with van der Waals surface area (Å²) in [4.78, 5) is 0. The van der Waals surface area contributed by atoms with Crippen LogP contribution in [0.1, 0.15) is 41.9 Å². The van der Waals surface area contributed by atoms with E-state index in [1.165, 1.54) is 13.0 Å². The molecule has 27 heavy (non-hydrogen) atoms. The van der Waals surface area contributed by atoms with Crippen LogP contribution in [-0.4, -0.2) is 21.6 Å². The van der Waals surface area contributed by atoms with Crippen molar-refractivity contribution in [1.29, 1.82) is 0 Å². The fourth-order valence-corrected chi connectivity index (χ4v) is 4.48. The lowest BCUT2D eigenvalue weighted by atomic mass is 9.83. The highest BCUT2D eigenvalue weighted by atomic mass is 19.2. The summed E-state index contributed by atoms with van der Waals surface area (Å²) in [5.41, 5.74) is 3.98. The Labute approximate surface area is 155 Å². The number of aromatic nitrogens is 1. The van der Waals surface area contributed by atoms with Crippen LogP contribution in [0.2, 0.25) is 0 Å². The van der Waals surface area contributed by atoms with Crippen LogP contribution >= 0.6 is 0 Å². The first-order chi connectivity index (χ1) is 12.6. The molecule has 2 aliphatic rings. The minimum Gasteiger partial charge on any atom is -0.393 e. The van der Waals surface area contributed by atoms with Crippen LogP contribution in [0.15, 0.2) is 35.5 Å². The topological polar surface area (TPSA) is 7.94 Å². The first-order valence-electron chi connectivity index (χ1n) is 8.79. The molecule has 3 heterocycles. The van der Waals surface area contributed by atoms with Gasteiger partial charge in [0.05, 0.1) is 5.57 Å². The van der Waals surface area contributed by atoms with Crippen LogP contribution in [0.3, 0.4) is 0 Å². The van der Waals surface area contributed by atoms with Gasteiger partial charge >= 0.3 is 6.97 Å². The molecule has 0 bridgehead atoms. The summed E-state index contributed by atoms with van der Waals surface area (Å²) in [6, 6.07) is 4.22. The second-order valence-electron chi connectivity index (χ2n) is 7.37. The van der Waals surface area contributed by atoms with Crippen molar-refractivity contribution in [3.8, 4) is 0 Å². The number of fused-ring (bicyclic) bond motifs is 2. The van der Waals surface area contributed by atoms with E-state index in [1.807, 2.05) is 0 Å². The molecular weight excluding hydrogens is 355 g/mol. The molecule has 0 saturated heterocycles. The Morgan fingerprint density at radius 1 is 1.00 bits per heavy atom. The summed E-state index contributed by atoms with van der Waals surface area (Å²) in [6.45, 7) is 4.20. The summed E-state index contributed by atoms with van der Waals surface area (Å²) in [5, 5.41) is 0. The molecule has 1 aromatic carbocycles. The fourth-order valence-electron chi connectivity index (χ4n) is 4.48. The zero-order chi connectivity index (χ0) is 19.8. The van der Waals surface area contributed by atoms with E-state index >= 15 is 8.63 Å². The molecule has 0 N–H and O–H groups in total. The van der Waals surface area contributed by atoms with Crippen molar-refractivity contribution in [1.82, 2.24) is 4.48 Å². The fraction of sp³-hybridized carbons (Fsp3) is 0.250. The lowest BCUT2D eigenvalue weighted by Crippen LogP contribution is -2.51. The molecule has 0 fully saturated rings. The van der Waals surface area contributed by atoms with E-state index in [0.29, 0.717) is 45.1 Å². The van der Waals surface area contributed by atoms with Crippen molar-refractivity contribution >= 4 is 18.3 Å². The second kappa shape index (κ2) is 5.47. The Morgan fingerprint density at radius 3 is 2.33 bits per heavy atom. The molecule has 4 rings (SSSR count). The maximum Gasteiger partial charge on any atom is 0.737 e. The summed E-state index contributed by atoms with van der Waals surface area (Å²) in [5.74, 6) is -1.91. The van der Waals surface area contributed by atoms with Crippen molar-refractivity contribution < 1.29 is 21.9 Å². The van der Waals surface area contributed by atoms with Gasteiger partial charge in [-0.15, -0.1) is 0 Å². The van der Waals surface area contributed by atoms with Crippen LogP contribution in [0, 0.1) is 32.4 Å². The van der Waals surface area contributed by atoms with Crippen LogP contribution in [-0.2, 0) is 0 Å². The van der Waals surface area contributed by atoms with Gasteiger partial charge in [-0.2, -0.15) is 0 Å². The molecule has 1 aromatic heterocycles. The van der Waals surface area contributed by atoms with Gasteiger partial charge in [-0.3, -0.25) is 0 Å². The summed E-state index contributed by atoms with van der Waals surface area (Å²) in [7, 11) is 0.